The lowest BCUT2D eigenvalue weighted by Gasteiger charge is -2.39. The van der Waals surface area contributed by atoms with Crippen molar-refractivity contribution < 1.29 is 18.4 Å². The molecule has 1 amide bonds. The fraction of sp³-hybridized carbons (Fsp3) is 0.320. The summed E-state index contributed by atoms with van der Waals surface area (Å²) in [6.45, 7) is 5.71. The van der Waals surface area contributed by atoms with Crippen LogP contribution in [0.3, 0.4) is 0 Å². The van der Waals surface area contributed by atoms with E-state index in [2.05, 4.69) is 10.3 Å². The van der Waals surface area contributed by atoms with Crippen LogP contribution in [-0.4, -0.2) is 17.4 Å². The fourth-order valence-corrected chi connectivity index (χ4v) is 5.20. The Hall–Kier alpha value is -2.57. The topological polar surface area (TPSA) is 58.5 Å². The van der Waals surface area contributed by atoms with Gasteiger partial charge >= 0.3 is 0 Å². The molecule has 0 aromatic heterocycles. The van der Waals surface area contributed by atoms with Gasteiger partial charge in [0.05, 0.1) is 11.6 Å². The molecule has 4 rings (SSSR count). The molecule has 1 N–H and O–H groups in total. The molecule has 2 atom stereocenters. The van der Waals surface area contributed by atoms with E-state index in [4.69, 9.17) is 23.2 Å². The van der Waals surface area contributed by atoms with Gasteiger partial charge in [-0.25, -0.2) is 8.78 Å². The van der Waals surface area contributed by atoms with Gasteiger partial charge in [-0.2, -0.15) is 0 Å². The van der Waals surface area contributed by atoms with Crippen molar-refractivity contribution in [1.82, 2.24) is 0 Å². The molecule has 0 radical (unpaired) electrons. The van der Waals surface area contributed by atoms with Gasteiger partial charge in [-0.3, -0.25) is 14.6 Å². The predicted molar refractivity (Wildman–Crippen MR) is 126 cm³/mol. The van der Waals surface area contributed by atoms with E-state index in [1.807, 2.05) is 13.8 Å². The van der Waals surface area contributed by atoms with Crippen LogP contribution < -0.4 is 5.32 Å². The molecule has 8 heteroatoms. The Bertz CT molecular complexity index is 1240. The monoisotopic (exact) mass is 490 g/mol. The molecule has 4 nitrogen and oxygen atoms in total. The molecule has 0 saturated carbocycles. The first kappa shape index (κ1) is 23.6. The molecule has 1 unspecified atom stereocenters. The number of nitrogens with zero attached hydrogens (tertiary/aromatic N) is 1. The number of Topliss-reactive ketones (excluding diaryl/α,β-unsaturated/α-hetero) is 1. The average Bonchev–Trinajstić information content (AvgIpc) is 2.68. The Morgan fingerprint density at radius 1 is 1.12 bits per heavy atom. The minimum Gasteiger partial charge on any atom is -0.323 e. The van der Waals surface area contributed by atoms with Crippen molar-refractivity contribution in [3.63, 3.8) is 0 Å². The molecule has 1 aliphatic heterocycles. The number of hydrogen-bond donors (Lipinski definition) is 1. The van der Waals surface area contributed by atoms with Gasteiger partial charge < -0.3 is 5.32 Å². The maximum Gasteiger partial charge on any atom is 0.234 e. The van der Waals surface area contributed by atoms with Crippen LogP contribution in [0.1, 0.15) is 45.1 Å². The van der Waals surface area contributed by atoms with E-state index < -0.39 is 29.4 Å². The minimum atomic E-state index is -0.919. The fourth-order valence-electron chi connectivity index (χ4n) is 4.68. The molecule has 2 aliphatic rings. The predicted octanol–water partition coefficient (Wildman–Crippen LogP) is 6.73. The van der Waals surface area contributed by atoms with Crippen LogP contribution in [0.4, 0.5) is 14.5 Å². The SMILES string of the molecule is CC1=NC2=C(C(=O)CC(C)(C)C2)[C@@H](c2ccc(Cl)cc2Cl)C1C(=O)Nc1ccc(F)cc1F. The lowest BCUT2D eigenvalue weighted by Crippen LogP contribution is -2.41. The van der Waals surface area contributed by atoms with Crippen LogP contribution in [0.5, 0.6) is 0 Å². The second kappa shape index (κ2) is 8.65. The molecule has 0 fully saturated rings. The minimum absolute atomic E-state index is 0.0979. The maximum absolute atomic E-state index is 14.2. The van der Waals surface area contributed by atoms with Gasteiger partial charge in [0.2, 0.25) is 5.91 Å². The summed E-state index contributed by atoms with van der Waals surface area (Å²) in [7, 11) is 0. The Morgan fingerprint density at radius 3 is 2.52 bits per heavy atom. The van der Waals surface area contributed by atoms with E-state index in [0.29, 0.717) is 51.5 Å². The number of nitrogens with one attached hydrogen (secondary N) is 1. The van der Waals surface area contributed by atoms with E-state index in [0.717, 1.165) is 12.1 Å². The number of anilines is 1. The van der Waals surface area contributed by atoms with Crippen molar-refractivity contribution in [2.45, 2.75) is 39.5 Å². The maximum atomic E-state index is 14.2. The van der Waals surface area contributed by atoms with Gasteiger partial charge in [-0.1, -0.05) is 43.1 Å². The molecule has 0 saturated heterocycles. The summed E-state index contributed by atoms with van der Waals surface area (Å²) >= 11 is 12.6. The highest BCUT2D eigenvalue weighted by Crippen LogP contribution is 2.49. The second-order valence-electron chi connectivity index (χ2n) is 9.29. The van der Waals surface area contributed by atoms with E-state index in [1.165, 1.54) is 0 Å². The summed E-state index contributed by atoms with van der Waals surface area (Å²) in [4.78, 5) is 31.4. The van der Waals surface area contributed by atoms with Crippen molar-refractivity contribution in [2.75, 3.05) is 5.32 Å². The van der Waals surface area contributed by atoms with E-state index in [1.54, 1.807) is 25.1 Å². The summed E-state index contributed by atoms with van der Waals surface area (Å²) < 4.78 is 27.5. The summed E-state index contributed by atoms with van der Waals surface area (Å²) in [5.74, 6) is -3.95. The molecule has 172 valence electrons. The standard InChI is InChI=1S/C25H22Cl2F2N2O2/c1-12-21(24(33)31-18-7-5-14(28)9-17(18)29)22(15-6-4-13(26)8-16(15)27)23-19(30-12)10-25(2,3)11-20(23)32/h4-9,21-22H,10-11H2,1-3H3,(H,31,33)/t21?,22-/m0/s1. The highest BCUT2D eigenvalue weighted by Gasteiger charge is 2.46. The van der Waals surface area contributed by atoms with Crippen LogP contribution in [0.2, 0.25) is 10.0 Å². The zero-order chi connectivity index (χ0) is 24.1. The first-order chi connectivity index (χ1) is 15.5. The van der Waals surface area contributed by atoms with Gasteiger partial charge in [0.1, 0.15) is 11.6 Å². The third-order valence-electron chi connectivity index (χ3n) is 6.07. The third kappa shape index (κ3) is 4.59. The Morgan fingerprint density at radius 2 is 1.85 bits per heavy atom. The van der Waals surface area contributed by atoms with Crippen LogP contribution in [-0.2, 0) is 9.59 Å². The Kier molecular flexibility index (Phi) is 6.18. The summed E-state index contributed by atoms with van der Waals surface area (Å²) in [6, 6.07) is 7.81. The number of aliphatic imine (C=N–C) groups is 1. The number of halogens is 4. The number of rotatable bonds is 3. The van der Waals surface area contributed by atoms with Gasteiger partial charge in [-0.05, 0) is 48.6 Å². The zero-order valence-corrected chi connectivity index (χ0v) is 19.8. The van der Waals surface area contributed by atoms with Crippen LogP contribution >= 0.6 is 23.2 Å². The Balaban J connectivity index is 1.83. The molecule has 0 bridgehead atoms. The van der Waals surface area contributed by atoms with Gasteiger partial charge in [0.15, 0.2) is 5.78 Å². The molecular weight excluding hydrogens is 469 g/mol. The van der Waals surface area contributed by atoms with Crippen molar-refractivity contribution in [1.29, 1.82) is 0 Å². The normalized spacial score (nSPS) is 22.0. The first-order valence-electron chi connectivity index (χ1n) is 10.5. The van der Waals surface area contributed by atoms with Crippen LogP contribution in [0.15, 0.2) is 52.7 Å². The summed E-state index contributed by atoms with van der Waals surface area (Å²) in [5.41, 5.74) is 1.71. The second-order valence-corrected chi connectivity index (χ2v) is 10.1. The third-order valence-corrected chi connectivity index (χ3v) is 6.63. The summed E-state index contributed by atoms with van der Waals surface area (Å²) in [6.07, 6.45) is 0.886. The number of hydrogen-bond acceptors (Lipinski definition) is 3. The molecule has 33 heavy (non-hydrogen) atoms. The molecular formula is C25H22Cl2F2N2O2. The number of allylic oxidation sites excluding steroid dienone is 2. The molecule has 2 aromatic rings. The van der Waals surface area contributed by atoms with Crippen LogP contribution in [0, 0.1) is 23.0 Å². The molecule has 1 heterocycles. The van der Waals surface area contributed by atoms with E-state index in [-0.39, 0.29) is 16.9 Å². The average molecular weight is 491 g/mol. The number of ketones is 1. The molecule has 2 aromatic carbocycles. The highest BCUT2D eigenvalue weighted by molar-refractivity contribution is 6.35. The lowest BCUT2D eigenvalue weighted by molar-refractivity contribution is -0.119. The number of carbonyl (C=O) groups is 2. The van der Waals surface area contributed by atoms with Gasteiger partial charge in [0.25, 0.3) is 0 Å². The van der Waals surface area contributed by atoms with Gasteiger partial charge in [0, 0.05) is 45.4 Å². The van der Waals surface area contributed by atoms with Crippen molar-refractivity contribution in [3.8, 4) is 0 Å². The smallest absolute Gasteiger partial charge is 0.234 e. The summed E-state index contributed by atoms with van der Waals surface area (Å²) in [5, 5.41) is 3.27. The van der Waals surface area contributed by atoms with Crippen molar-refractivity contribution >= 4 is 46.3 Å². The number of benzene rings is 2. The van der Waals surface area contributed by atoms with Crippen LogP contribution in [0.25, 0.3) is 0 Å². The lowest BCUT2D eigenvalue weighted by atomic mass is 9.66. The zero-order valence-electron chi connectivity index (χ0n) is 18.3. The molecule has 1 aliphatic carbocycles. The van der Waals surface area contributed by atoms with E-state index in [9.17, 15) is 18.4 Å². The Labute approximate surface area is 200 Å². The first-order valence-corrected chi connectivity index (χ1v) is 11.2. The van der Waals surface area contributed by atoms with Crippen molar-refractivity contribution in [3.05, 3.63) is 74.9 Å². The van der Waals surface area contributed by atoms with Crippen molar-refractivity contribution in [2.24, 2.45) is 16.3 Å². The van der Waals surface area contributed by atoms with E-state index >= 15 is 0 Å². The molecule has 0 spiro atoms. The van der Waals surface area contributed by atoms with Gasteiger partial charge in [-0.15, -0.1) is 0 Å². The quantitative estimate of drug-likeness (QED) is 0.518. The number of carbonyl (C=O) groups excluding carboxylic acids is 2. The number of amides is 1. The largest absolute Gasteiger partial charge is 0.323 e. The highest BCUT2D eigenvalue weighted by atomic mass is 35.5.